The van der Waals surface area contributed by atoms with Gasteiger partial charge in [0.1, 0.15) is 5.76 Å². The minimum Gasteiger partial charge on any atom is -0.468 e. The second-order valence-electron chi connectivity index (χ2n) is 5.45. The van der Waals surface area contributed by atoms with E-state index < -0.39 is 0 Å². The fraction of sp³-hybridized carbons (Fsp3) is 0.733. The van der Waals surface area contributed by atoms with E-state index in [0.29, 0.717) is 12.1 Å². The van der Waals surface area contributed by atoms with Gasteiger partial charge in [-0.2, -0.15) is 11.8 Å². The van der Waals surface area contributed by atoms with Gasteiger partial charge in [0.25, 0.3) is 0 Å². The Balaban J connectivity index is 2.49. The van der Waals surface area contributed by atoms with Crippen molar-refractivity contribution in [3.8, 4) is 0 Å². The highest BCUT2D eigenvalue weighted by molar-refractivity contribution is 7.98. The lowest BCUT2D eigenvalue weighted by Crippen LogP contribution is -2.29. The lowest BCUT2D eigenvalue weighted by atomic mass is 10.2. The monoisotopic (exact) mass is 284 g/mol. The highest BCUT2D eigenvalue weighted by atomic mass is 32.2. The summed E-state index contributed by atoms with van der Waals surface area (Å²) in [6, 6.07) is 3.18. The first-order valence-electron chi connectivity index (χ1n) is 7.02. The summed E-state index contributed by atoms with van der Waals surface area (Å²) < 4.78 is 5.58. The maximum Gasteiger partial charge on any atom is 0.122 e. The average Bonchev–Trinajstić information content (AvgIpc) is 2.80. The smallest absolute Gasteiger partial charge is 0.122 e. The summed E-state index contributed by atoms with van der Waals surface area (Å²) in [6.07, 6.45) is 5.20. The first-order valence-corrected chi connectivity index (χ1v) is 8.41. The van der Waals surface area contributed by atoms with Gasteiger partial charge in [-0.05, 0) is 38.5 Å². The average molecular weight is 284 g/mol. The largest absolute Gasteiger partial charge is 0.468 e. The molecule has 110 valence electrons. The van der Waals surface area contributed by atoms with Crippen LogP contribution in [0.3, 0.4) is 0 Å². The molecule has 3 nitrogen and oxygen atoms in total. The second-order valence-corrected chi connectivity index (χ2v) is 6.44. The number of nitrogens with zero attached hydrogens (tertiary/aromatic N) is 1. The van der Waals surface area contributed by atoms with Crippen LogP contribution in [-0.4, -0.2) is 36.0 Å². The van der Waals surface area contributed by atoms with Crippen LogP contribution in [0.5, 0.6) is 0 Å². The van der Waals surface area contributed by atoms with Crippen LogP contribution in [0.25, 0.3) is 0 Å². The molecule has 1 heterocycles. The Labute approximate surface area is 122 Å². The van der Waals surface area contributed by atoms with Crippen LogP contribution in [0, 0.1) is 0 Å². The Morgan fingerprint density at radius 1 is 1.37 bits per heavy atom. The number of thioether (sulfide) groups is 1. The Kier molecular flexibility index (Phi) is 7.57. The third-order valence-corrected chi connectivity index (χ3v) is 4.06. The van der Waals surface area contributed by atoms with Gasteiger partial charge in [-0.25, -0.2) is 0 Å². The zero-order chi connectivity index (χ0) is 14.3. The second kappa shape index (κ2) is 8.67. The van der Waals surface area contributed by atoms with E-state index in [0.717, 1.165) is 18.8 Å². The molecule has 1 aromatic heterocycles. The minimum atomic E-state index is 0.483. The highest BCUT2D eigenvalue weighted by Crippen LogP contribution is 2.15. The molecule has 1 aromatic rings. The molecule has 0 aliphatic carbocycles. The summed E-state index contributed by atoms with van der Waals surface area (Å²) >= 11 is 1.91. The highest BCUT2D eigenvalue weighted by Gasteiger charge is 2.13. The molecule has 1 atom stereocenters. The van der Waals surface area contributed by atoms with Crippen molar-refractivity contribution >= 4 is 11.8 Å². The molecule has 0 saturated heterocycles. The fourth-order valence-corrected chi connectivity index (χ4v) is 2.47. The summed E-state index contributed by atoms with van der Waals surface area (Å²) in [5, 5.41) is 3.41. The molecular formula is C15H28N2OS. The van der Waals surface area contributed by atoms with Gasteiger partial charge < -0.3 is 9.73 Å². The predicted molar refractivity (Wildman–Crippen MR) is 84.6 cm³/mol. The lowest BCUT2D eigenvalue weighted by Gasteiger charge is -2.24. The topological polar surface area (TPSA) is 28.4 Å². The molecule has 0 aromatic carbocycles. The van der Waals surface area contributed by atoms with Crippen molar-refractivity contribution in [1.29, 1.82) is 0 Å². The summed E-state index contributed by atoms with van der Waals surface area (Å²) in [5.74, 6) is 2.29. The first kappa shape index (κ1) is 16.6. The molecule has 1 rings (SSSR count). The van der Waals surface area contributed by atoms with E-state index in [-0.39, 0.29) is 0 Å². The zero-order valence-corrected chi connectivity index (χ0v) is 13.7. The van der Waals surface area contributed by atoms with Gasteiger partial charge in [0.15, 0.2) is 0 Å². The molecule has 0 spiro atoms. The van der Waals surface area contributed by atoms with Gasteiger partial charge >= 0.3 is 0 Å². The van der Waals surface area contributed by atoms with E-state index in [1.54, 1.807) is 6.26 Å². The van der Waals surface area contributed by atoms with Gasteiger partial charge in [-0.1, -0.05) is 13.8 Å². The third kappa shape index (κ3) is 6.02. The molecule has 0 saturated carbocycles. The minimum absolute atomic E-state index is 0.483. The molecular weight excluding hydrogens is 256 g/mol. The predicted octanol–water partition coefficient (Wildman–Crippen LogP) is 3.35. The molecule has 1 N–H and O–H groups in total. The van der Waals surface area contributed by atoms with Crippen molar-refractivity contribution in [3.05, 3.63) is 23.7 Å². The molecule has 1 unspecified atom stereocenters. The molecule has 19 heavy (non-hydrogen) atoms. The van der Waals surface area contributed by atoms with Crippen LogP contribution < -0.4 is 5.32 Å². The molecule has 0 aliphatic rings. The molecule has 0 amide bonds. The van der Waals surface area contributed by atoms with E-state index in [2.05, 4.69) is 50.4 Å². The SMILES string of the molecule is CSCCC(C)N(C)Cc1ccoc1CNC(C)C. The quantitative estimate of drug-likeness (QED) is 0.753. The summed E-state index contributed by atoms with van der Waals surface area (Å²) in [6.45, 7) is 8.37. The van der Waals surface area contributed by atoms with Crippen LogP contribution in [0.4, 0.5) is 0 Å². The first-order chi connectivity index (χ1) is 9.04. The van der Waals surface area contributed by atoms with Gasteiger partial charge in [-0.3, -0.25) is 4.90 Å². The van der Waals surface area contributed by atoms with Gasteiger partial charge in [0.05, 0.1) is 12.8 Å². The normalized spacial score (nSPS) is 13.4. The van der Waals surface area contributed by atoms with E-state index >= 15 is 0 Å². The van der Waals surface area contributed by atoms with Crippen molar-refractivity contribution in [3.63, 3.8) is 0 Å². The van der Waals surface area contributed by atoms with E-state index in [4.69, 9.17) is 4.42 Å². The molecule has 0 bridgehead atoms. The van der Waals surface area contributed by atoms with Crippen LogP contribution >= 0.6 is 11.8 Å². The van der Waals surface area contributed by atoms with Crippen LogP contribution in [0.15, 0.2) is 16.7 Å². The Morgan fingerprint density at radius 3 is 2.74 bits per heavy atom. The molecule has 0 aliphatic heterocycles. The van der Waals surface area contributed by atoms with Crippen molar-refractivity contribution in [2.75, 3.05) is 19.1 Å². The molecule has 0 radical (unpaired) electrons. The van der Waals surface area contributed by atoms with E-state index in [1.807, 2.05) is 11.8 Å². The van der Waals surface area contributed by atoms with Gasteiger partial charge in [-0.15, -0.1) is 0 Å². The van der Waals surface area contributed by atoms with Crippen LogP contribution in [-0.2, 0) is 13.1 Å². The third-order valence-electron chi connectivity index (χ3n) is 3.42. The van der Waals surface area contributed by atoms with E-state index in [1.165, 1.54) is 17.7 Å². The Bertz CT molecular complexity index is 352. The lowest BCUT2D eigenvalue weighted by molar-refractivity contribution is 0.243. The molecule has 0 fully saturated rings. The van der Waals surface area contributed by atoms with Gasteiger partial charge in [0, 0.05) is 24.2 Å². The number of hydrogen-bond donors (Lipinski definition) is 1. The summed E-state index contributed by atoms with van der Waals surface area (Å²) in [4.78, 5) is 2.40. The number of hydrogen-bond acceptors (Lipinski definition) is 4. The number of rotatable bonds is 9. The van der Waals surface area contributed by atoms with Crippen molar-refractivity contribution < 1.29 is 4.42 Å². The zero-order valence-electron chi connectivity index (χ0n) is 12.9. The maximum absolute atomic E-state index is 5.58. The molecule has 4 heteroatoms. The maximum atomic E-state index is 5.58. The standard InChI is InChI=1S/C15H28N2OS/c1-12(2)16-10-15-14(6-8-18-15)11-17(4)13(3)7-9-19-5/h6,8,12-13,16H,7,9-11H2,1-5H3. The van der Waals surface area contributed by atoms with Crippen molar-refractivity contribution in [2.24, 2.45) is 0 Å². The van der Waals surface area contributed by atoms with E-state index in [9.17, 15) is 0 Å². The van der Waals surface area contributed by atoms with Crippen LogP contribution in [0.2, 0.25) is 0 Å². The Hall–Kier alpha value is -0.450. The number of furan rings is 1. The Morgan fingerprint density at radius 2 is 2.11 bits per heavy atom. The van der Waals surface area contributed by atoms with Crippen LogP contribution in [0.1, 0.15) is 38.5 Å². The number of nitrogens with one attached hydrogen (secondary N) is 1. The van der Waals surface area contributed by atoms with Gasteiger partial charge in [0.2, 0.25) is 0 Å². The summed E-state index contributed by atoms with van der Waals surface area (Å²) in [5.41, 5.74) is 1.30. The summed E-state index contributed by atoms with van der Waals surface area (Å²) in [7, 11) is 2.19. The van der Waals surface area contributed by atoms with Crippen molar-refractivity contribution in [2.45, 2.75) is 52.4 Å². The van der Waals surface area contributed by atoms with Crippen molar-refractivity contribution in [1.82, 2.24) is 10.2 Å². The fourth-order valence-electron chi connectivity index (χ4n) is 1.89.